The Kier molecular flexibility index (Phi) is 2.50. The molecule has 9 heavy (non-hydrogen) atoms. The van der Waals surface area contributed by atoms with E-state index in [2.05, 4.69) is 15.9 Å². The van der Waals surface area contributed by atoms with E-state index < -0.39 is 12.2 Å². The molecule has 0 amide bonds. The van der Waals surface area contributed by atoms with Crippen molar-refractivity contribution in [3.05, 3.63) is 0 Å². The Balaban J connectivity index is 2.41. The predicted molar refractivity (Wildman–Crippen MR) is 38.6 cm³/mol. The monoisotopic (exact) mass is 194 g/mol. The van der Waals surface area contributed by atoms with Crippen molar-refractivity contribution in [2.75, 3.05) is 0 Å². The molecule has 0 heterocycles. The number of hydrogen-bond acceptors (Lipinski definition) is 2. The van der Waals surface area contributed by atoms with Crippen LogP contribution in [0.2, 0.25) is 0 Å². The molecule has 1 fully saturated rings. The maximum absolute atomic E-state index is 9.15. The van der Waals surface area contributed by atoms with Crippen molar-refractivity contribution < 1.29 is 10.2 Å². The number of alkyl halides is 1. The zero-order chi connectivity index (χ0) is 6.85. The molecule has 0 unspecified atom stereocenters. The molecule has 0 aromatic carbocycles. The molecule has 2 N–H and O–H groups in total. The van der Waals surface area contributed by atoms with Gasteiger partial charge in [-0.2, -0.15) is 0 Å². The van der Waals surface area contributed by atoms with Crippen LogP contribution < -0.4 is 0 Å². The molecule has 54 valence electrons. The highest BCUT2D eigenvalue weighted by molar-refractivity contribution is 9.09. The molecular weight excluding hydrogens is 184 g/mol. The van der Waals surface area contributed by atoms with Crippen LogP contribution in [-0.4, -0.2) is 27.2 Å². The second-order valence-corrected chi connectivity index (χ2v) is 3.68. The number of halogens is 1. The van der Waals surface area contributed by atoms with E-state index in [1.165, 1.54) is 0 Å². The van der Waals surface area contributed by atoms with Crippen LogP contribution in [0.5, 0.6) is 0 Å². The smallest absolute Gasteiger partial charge is 0.0923 e. The Hall–Kier alpha value is 0.400. The minimum absolute atomic E-state index is 0.0984. The molecule has 1 saturated carbocycles. The third kappa shape index (κ3) is 1.66. The average Bonchev–Trinajstić information content (AvgIpc) is 1.83. The first kappa shape index (κ1) is 7.51. The van der Waals surface area contributed by atoms with E-state index in [0.29, 0.717) is 0 Å². The Morgan fingerprint density at radius 2 is 1.89 bits per heavy atom. The van der Waals surface area contributed by atoms with Gasteiger partial charge in [0.2, 0.25) is 0 Å². The Morgan fingerprint density at radius 3 is 2.33 bits per heavy atom. The van der Waals surface area contributed by atoms with Crippen molar-refractivity contribution in [2.45, 2.75) is 36.3 Å². The summed E-state index contributed by atoms with van der Waals surface area (Å²) in [6, 6.07) is 0. The molecule has 0 radical (unpaired) electrons. The van der Waals surface area contributed by atoms with Crippen molar-refractivity contribution in [2.24, 2.45) is 0 Å². The fourth-order valence-electron chi connectivity index (χ4n) is 1.10. The first-order chi connectivity index (χ1) is 4.22. The standard InChI is InChI=1S/C6H11BrO2/c7-4-2-1-3-5(8)6(4)9/h4-6,8-9H,1-3H2/t4-,5-,6+/m1/s1. The van der Waals surface area contributed by atoms with E-state index in [-0.39, 0.29) is 4.83 Å². The third-order valence-electron chi connectivity index (χ3n) is 1.74. The topological polar surface area (TPSA) is 40.5 Å². The summed E-state index contributed by atoms with van der Waals surface area (Å²) in [5.74, 6) is 0. The summed E-state index contributed by atoms with van der Waals surface area (Å²) in [6.07, 6.45) is 1.65. The molecule has 0 aliphatic heterocycles. The lowest BCUT2D eigenvalue weighted by molar-refractivity contribution is -0.00306. The van der Waals surface area contributed by atoms with E-state index in [9.17, 15) is 0 Å². The second kappa shape index (κ2) is 2.99. The molecule has 2 nitrogen and oxygen atoms in total. The van der Waals surface area contributed by atoms with Gasteiger partial charge in [0.25, 0.3) is 0 Å². The summed E-state index contributed by atoms with van der Waals surface area (Å²) < 4.78 is 0. The van der Waals surface area contributed by atoms with E-state index in [1.807, 2.05) is 0 Å². The summed E-state index contributed by atoms with van der Waals surface area (Å²) >= 11 is 3.28. The van der Waals surface area contributed by atoms with Gasteiger partial charge in [-0.05, 0) is 19.3 Å². The van der Waals surface area contributed by atoms with Gasteiger partial charge in [0.15, 0.2) is 0 Å². The average molecular weight is 195 g/mol. The highest BCUT2D eigenvalue weighted by Crippen LogP contribution is 2.24. The molecule has 0 saturated heterocycles. The summed E-state index contributed by atoms with van der Waals surface area (Å²) in [5.41, 5.74) is 0. The van der Waals surface area contributed by atoms with Crippen LogP contribution in [0.3, 0.4) is 0 Å². The number of aliphatic hydroxyl groups excluding tert-OH is 2. The van der Waals surface area contributed by atoms with Crippen LogP contribution in [-0.2, 0) is 0 Å². The SMILES string of the molecule is O[C@@H]1[C@H](O)CCC[C@H]1Br. The van der Waals surface area contributed by atoms with Crippen LogP contribution in [0.15, 0.2) is 0 Å². The quantitative estimate of drug-likeness (QED) is 0.557. The lowest BCUT2D eigenvalue weighted by atomic mass is 9.95. The highest BCUT2D eigenvalue weighted by Gasteiger charge is 2.27. The Labute approximate surface area is 63.0 Å². The van der Waals surface area contributed by atoms with Gasteiger partial charge in [-0.15, -0.1) is 0 Å². The van der Waals surface area contributed by atoms with Crippen LogP contribution >= 0.6 is 15.9 Å². The fourth-order valence-corrected chi connectivity index (χ4v) is 1.78. The molecule has 3 heteroatoms. The fraction of sp³-hybridized carbons (Fsp3) is 1.00. The second-order valence-electron chi connectivity index (χ2n) is 2.50. The minimum atomic E-state index is -0.557. The van der Waals surface area contributed by atoms with Gasteiger partial charge >= 0.3 is 0 Å². The molecular formula is C6H11BrO2. The van der Waals surface area contributed by atoms with Crippen molar-refractivity contribution in [3.8, 4) is 0 Å². The van der Waals surface area contributed by atoms with Gasteiger partial charge in [-0.3, -0.25) is 0 Å². The predicted octanol–water partition coefficient (Wildman–Crippen LogP) is 0.656. The number of hydrogen-bond donors (Lipinski definition) is 2. The van der Waals surface area contributed by atoms with Gasteiger partial charge in [-0.25, -0.2) is 0 Å². The molecule has 0 aromatic heterocycles. The molecule has 3 atom stereocenters. The van der Waals surface area contributed by atoms with E-state index in [4.69, 9.17) is 10.2 Å². The maximum atomic E-state index is 9.15. The third-order valence-corrected chi connectivity index (χ3v) is 2.74. The summed E-state index contributed by atoms with van der Waals surface area (Å²) in [4.78, 5) is 0.0984. The van der Waals surface area contributed by atoms with Gasteiger partial charge in [0, 0.05) is 4.83 Å². The zero-order valence-corrected chi connectivity index (χ0v) is 6.71. The molecule has 0 spiro atoms. The first-order valence-electron chi connectivity index (χ1n) is 3.22. The van der Waals surface area contributed by atoms with Crippen molar-refractivity contribution in [3.63, 3.8) is 0 Å². The van der Waals surface area contributed by atoms with E-state index in [0.717, 1.165) is 19.3 Å². The van der Waals surface area contributed by atoms with Crippen molar-refractivity contribution in [1.82, 2.24) is 0 Å². The summed E-state index contributed by atoms with van der Waals surface area (Å²) in [5, 5.41) is 18.2. The molecule has 0 bridgehead atoms. The largest absolute Gasteiger partial charge is 0.390 e. The van der Waals surface area contributed by atoms with Crippen LogP contribution in [0.4, 0.5) is 0 Å². The van der Waals surface area contributed by atoms with E-state index in [1.54, 1.807) is 0 Å². The number of aliphatic hydroxyl groups is 2. The van der Waals surface area contributed by atoms with Gasteiger partial charge in [0.1, 0.15) is 0 Å². The van der Waals surface area contributed by atoms with Crippen LogP contribution in [0, 0.1) is 0 Å². The molecule has 1 rings (SSSR count). The highest BCUT2D eigenvalue weighted by atomic mass is 79.9. The Morgan fingerprint density at radius 1 is 1.22 bits per heavy atom. The van der Waals surface area contributed by atoms with Crippen LogP contribution in [0.25, 0.3) is 0 Å². The van der Waals surface area contributed by atoms with Crippen molar-refractivity contribution in [1.29, 1.82) is 0 Å². The molecule has 1 aliphatic rings. The van der Waals surface area contributed by atoms with Crippen LogP contribution in [0.1, 0.15) is 19.3 Å². The minimum Gasteiger partial charge on any atom is -0.390 e. The van der Waals surface area contributed by atoms with Gasteiger partial charge < -0.3 is 10.2 Å². The summed E-state index contributed by atoms with van der Waals surface area (Å²) in [7, 11) is 0. The van der Waals surface area contributed by atoms with Crippen molar-refractivity contribution >= 4 is 15.9 Å². The Bertz CT molecular complexity index is 87.1. The van der Waals surface area contributed by atoms with Gasteiger partial charge in [0.05, 0.1) is 12.2 Å². The van der Waals surface area contributed by atoms with Gasteiger partial charge in [-0.1, -0.05) is 15.9 Å². The lowest BCUT2D eigenvalue weighted by Crippen LogP contribution is -2.37. The zero-order valence-electron chi connectivity index (χ0n) is 5.13. The molecule has 0 aromatic rings. The van der Waals surface area contributed by atoms with E-state index >= 15 is 0 Å². The lowest BCUT2D eigenvalue weighted by Gasteiger charge is -2.27. The first-order valence-corrected chi connectivity index (χ1v) is 4.13. The number of rotatable bonds is 0. The summed E-state index contributed by atoms with van der Waals surface area (Å²) in [6.45, 7) is 0. The maximum Gasteiger partial charge on any atom is 0.0923 e. The normalized spacial score (nSPS) is 45.0. The molecule has 1 aliphatic carbocycles.